The number of furan rings is 1. The van der Waals surface area contributed by atoms with Gasteiger partial charge in [-0.05, 0) is 25.1 Å². The van der Waals surface area contributed by atoms with Gasteiger partial charge in [-0.25, -0.2) is 4.79 Å². The number of aryl methyl sites for hydroxylation is 1. The van der Waals surface area contributed by atoms with Gasteiger partial charge in [-0.1, -0.05) is 12.1 Å². The van der Waals surface area contributed by atoms with E-state index in [9.17, 15) is 4.79 Å². The summed E-state index contributed by atoms with van der Waals surface area (Å²) in [5.41, 5.74) is 2.24. The first-order valence-corrected chi connectivity index (χ1v) is 5.43. The molecule has 0 bridgehead atoms. The number of hydrogen-bond acceptors (Lipinski definition) is 3. The van der Waals surface area contributed by atoms with Gasteiger partial charge in [-0.3, -0.25) is 5.10 Å². The Labute approximate surface area is 102 Å². The first-order chi connectivity index (χ1) is 8.63. The van der Waals surface area contributed by atoms with Gasteiger partial charge in [-0.2, -0.15) is 5.10 Å². The zero-order valence-corrected chi connectivity index (χ0v) is 9.60. The van der Waals surface area contributed by atoms with Crippen molar-refractivity contribution in [2.24, 2.45) is 0 Å². The molecule has 90 valence electrons. The van der Waals surface area contributed by atoms with Crippen LogP contribution in [0.25, 0.3) is 22.2 Å². The summed E-state index contributed by atoms with van der Waals surface area (Å²) in [4.78, 5) is 10.8. The van der Waals surface area contributed by atoms with Gasteiger partial charge in [0.2, 0.25) is 0 Å². The molecule has 0 aliphatic heterocycles. The van der Waals surface area contributed by atoms with E-state index >= 15 is 0 Å². The molecule has 0 saturated carbocycles. The molecule has 18 heavy (non-hydrogen) atoms. The van der Waals surface area contributed by atoms with E-state index in [1.54, 1.807) is 0 Å². The molecule has 0 atom stereocenters. The third kappa shape index (κ3) is 1.66. The van der Waals surface area contributed by atoms with E-state index in [0.29, 0.717) is 5.69 Å². The fraction of sp³-hybridized carbons (Fsp3) is 0.0769. The summed E-state index contributed by atoms with van der Waals surface area (Å²) in [5.74, 6) is -0.181. The van der Waals surface area contributed by atoms with Gasteiger partial charge in [0.05, 0.1) is 5.69 Å². The minimum Gasteiger partial charge on any atom is -0.477 e. The Kier molecular flexibility index (Phi) is 2.19. The van der Waals surface area contributed by atoms with E-state index in [1.165, 1.54) is 6.07 Å². The molecule has 1 aromatic carbocycles. The number of fused-ring (bicyclic) bond motifs is 1. The number of rotatable bonds is 2. The van der Waals surface area contributed by atoms with Crippen LogP contribution in [-0.4, -0.2) is 21.3 Å². The first kappa shape index (κ1) is 10.6. The van der Waals surface area contributed by atoms with Gasteiger partial charge >= 0.3 is 5.97 Å². The number of hydrogen-bond donors (Lipinski definition) is 2. The summed E-state index contributed by atoms with van der Waals surface area (Å²) >= 11 is 0. The average molecular weight is 242 g/mol. The Bertz CT molecular complexity index is 740. The fourth-order valence-electron chi connectivity index (χ4n) is 1.90. The van der Waals surface area contributed by atoms with Crippen molar-refractivity contribution in [1.82, 2.24) is 10.2 Å². The van der Waals surface area contributed by atoms with Crippen LogP contribution >= 0.6 is 0 Å². The van der Waals surface area contributed by atoms with Crippen molar-refractivity contribution in [2.45, 2.75) is 6.92 Å². The van der Waals surface area contributed by atoms with E-state index in [0.717, 1.165) is 22.3 Å². The fourth-order valence-corrected chi connectivity index (χ4v) is 1.90. The van der Waals surface area contributed by atoms with E-state index in [1.807, 2.05) is 31.2 Å². The highest BCUT2D eigenvalue weighted by Gasteiger charge is 2.10. The maximum atomic E-state index is 10.8. The van der Waals surface area contributed by atoms with Gasteiger partial charge in [0.25, 0.3) is 0 Å². The number of nitrogens with zero attached hydrogens (tertiary/aromatic N) is 1. The number of carboxylic acid groups (broad SMARTS) is 1. The van der Waals surface area contributed by atoms with E-state index in [4.69, 9.17) is 9.52 Å². The van der Waals surface area contributed by atoms with Crippen LogP contribution in [0.5, 0.6) is 0 Å². The van der Waals surface area contributed by atoms with Crippen molar-refractivity contribution in [3.63, 3.8) is 0 Å². The standard InChI is InChI=1S/C13H10N2O3/c1-7-4-9-3-2-8(5-12(9)18-7)10-6-11(13(16)17)15-14-10/h2-6H,1H3,(H,14,15)(H,16,17). The lowest BCUT2D eigenvalue weighted by molar-refractivity contribution is 0.0690. The third-order valence-electron chi connectivity index (χ3n) is 2.75. The van der Waals surface area contributed by atoms with Crippen LogP contribution in [0.3, 0.4) is 0 Å². The van der Waals surface area contributed by atoms with Crippen LogP contribution in [0.4, 0.5) is 0 Å². The van der Waals surface area contributed by atoms with Crippen molar-refractivity contribution < 1.29 is 14.3 Å². The van der Waals surface area contributed by atoms with Crippen LogP contribution in [-0.2, 0) is 0 Å². The zero-order valence-electron chi connectivity index (χ0n) is 9.60. The second-order valence-corrected chi connectivity index (χ2v) is 4.08. The summed E-state index contributed by atoms with van der Waals surface area (Å²) in [6.45, 7) is 1.89. The molecule has 3 rings (SSSR count). The maximum Gasteiger partial charge on any atom is 0.353 e. The predicted molar refractivity (Wildman–Crippen MR) is 65.5 cm³/mol. The molecule has 0 fully saturated rings. The molecule has 0 spiro atoms. The van der Waals surface area contributed by atoms with Crippen molar-refractivity contribution in [3.05, 3.63) is 41.8 Å². The van der Waals surface area contributed by atoms with Gasteiger partial charge < -0.3 is 9.52 Å². The second kappa shape index (κ2) is 3.73. The quantitative estimate of drug-likeness (QED) is 0.724. The van der Waals surface area contributed by atoms with Crippen molar-refractivity contribution >= 4 is 16.9 Å². The second-order valence-electron chi connectivity index (χ2n) is 4.08. The van der Waals surface area contributed by atoms with E-state index in [2.05, 4.69) is 10.2 Å². The lowest BCUT2D eigenvalue weighted by Crippen LogP contribution is -1.95. The highest BCUT2D eigenvalue weighted by atomic mass is 16.4. The van der Waals surface area contributed by atoms with Crippen LogP contribution in [0.15, 0.2) is 34.7 Å². The molecule has 0 aliphatic carbocycles. The Morgan fingerprint density at radius 3 is 2.89 bits per heavy atom. The first-order valence-electron chi connectivity index (χ1n) is 5.43. The van der Waals surface area contributed by atoms with Gasteiger partial charge in [-0.15, -0.1) is 0 Å². The summed E-state index contributed by atoms with van der Waals surface area (Å²) in [7, 11) is 0. The molecule has 0 saturated heterocycles. The summed E-state index contributed by atoms with van der Waals surface area (Å²) in [5, 5.41) is 16.3. The highest BCUT2D eigenvalue weighted by Crippen LogP contribution is 2.25. The minimum absolute atomic E-state index is 0.0701. The molecule has 0 amide bonds. The SMILES string of the molecule is Cc1cc2ccc(-c3cc(C(=O)O)[nH]n3)cc2o1. The number of aromatic nitrogens is 2. The highest BCUT2D eigenvalue weighted by molar-refractivity contribution is 5.88. The Balaban J connectivity index is 2.09. The van der Waals surface area contributed by atoms with Crippen molar-refractivity contribution in [1.29, 1.82) is 0 Å². The molecule has 2 aromatic heterocycles. The largest absolute Gasteiger partial charge is 0.477 e. The van der Waals surface area contributed by atoms with Crippen LogP contribution in [0.2, 0.25) is 0 Å². The number of carbonyl (C=O) groups is 1. The number of H-pyrrole nitrogens is 1. The predicted octanol–water partition coefficient (Wildman–Crippen LogP) is 2.83. The molecular formula is C13H10N2O3. The molecule has 3 aromatic rings. The van der Waals surface area contributed by atoms with Gasteiger partial charge in [0.15, 0.2) is 0 Å². The molecule has 0 aliphatic rings. The summed E-state index contributed by atoms with van der Waals surface area (Å²) < 4.78 is 5.53. The Hall–Kier alpha value is -2.56. The van der Waals surface area contributed by atoms with E-state index in [-0.39, 0.29) is 5.69 Å². The Morgan fingerprint density at radius 2 is 2.17 bits per heavy atom. The summed E-state index contributed by atoms with van der Waals surface area (Å²) in [6, 6.07) is 9.12. The maximum absolute atomic E-state index is 10.8. The molecule has 2 heterocycles. The number of aromatic amines is 1. The van der Waals surface area contributed by atoms with Crippen LogP contribution in [0.1, 0.15) is 16.2 Å². The van der Waals surface area contributed by atoms with Crippen LogP contribution < -0.4 is 0 Å². The van der Waals surface area contributed by atoms with E-state index < -0.39 is 5.97 Å². The lowest BCUT2D eigenvalue weighted by atomic mass is 10.1. The molecule has 5 heteroatoms. The monoisotopic (exact) mass is 242 g/mol. The lowest BCUT2D eigenvalue weighted by Gasteiger charge is -1.95. The molecule has 0 unspecified atom stereocenters. The summed E-state index contributed by atoms with van der Waals surface area (Å²) in [6.07, 6.45) is 0. The van der Waals surface area contributed by atoms with Gasteiger partial charge in [0, 0.05) is 10.9 Å². The van der Waals surface area contributed by atoms with Crippen molar-refractivity contribution in [2.75, 3.05) is 0 Å². The molecular weight excluding hydrogens is 232 g/mol. The minimum atomic E-state index is -1.02. The average Bonchev–Trinajstić information content (AvgIpc) is 2.91. The zero-order chi connectivity index (χ0) is 12.7. The number of carboxylic acids is 1. The topological polar surface area (TPSA) is 79.1 Å². The third-order valence-corrected chi connectivity index (χ3v) is 2.75. The number of nitrogens with one attached hydrogen (secondary N) is 1. The number of aromatic carboxylic acids is 1. The molecule has 2 N–H and O–H groups in total. The smallest absolute Gasteiger partial charge is 0.353 e. The normalized spacial score (nSPS) is 10.9. The van der Waals surface area contributed by atoms with Crippen molar-refractivity contribution in [3.8, 4) is 11.3 Å². The molecule has 5 nitrogen and oxygen atoms in total. The number of benzene rings is 1. The Morgan fingerprint density at radius 1 is 1.33 bits per heavy atom. The van der Waals surface area contributed by atoms with Gasteiger partial charge in [0.1, 0.15) is 17.0 Å². The molecule has 0 radical (unpaired) electrons. The van der Waals surface area contributed by atoms with Crippen LogP contribution in [0, 0.1) is 6.92 Å².